The van der Waals surface area contributed by atoms with E-state index in [2.05, 4.69) is 18.7 Å². The van der Waals surface area contributed by atoms with Gasteiger partial charge in [-0.05, 0) is 61.9 Å². The maximum absolute atomic E-state index is 15.3. The van der Waals surface area contributed by atoms with Crippen molar-refractivity contribution in [2.75, 3.05) is 26.7 Å². The second-order valence-electron chi connectivity index (χ2n) is 8.47. The molecule has 1 aromatic carbocycles. The zero-order valence-corrected chi connectivity index (χ0v) is 16.9. The van der Waals surface area contributed by atoms with Crippen molar-refractivity contribution in [1.29, 1.82) is 0 Å². The average Bonchev–Trinajstić information content (AvgIpc) is 3.05. The summed E-state index contributed by atoms with van der Waals surface area (Å²) in [5, 5.41) is 0.637. The molecule has 1 aromatic rings. The number of halogens is 2. The molecule has 3 rings (SSSR count). The van der Waals surface area contributed by atoms with Gasteiger partial charge >= 0.3 is 0 Å². The van der Waals surface area contributed by atoms with Crippen LogP contribution in [0.25, 0.3) is 0 Å². The van der Waals surface area contributed by atoms with E-state index in [-0.39, 0.29) is 24.7 Å². The Bertz CT molecular complexity index is 651. The van der Waals surface area contributed by atoms with Crippen LogP contribution in [0, 0.1) is 11.8 Å². The maximum atomic E-state index is 15.3. The number of amides is 1. The van der Waals surface area contributed by atoms with Crippen LogP contribution in [-0.4, -0.2) is 42.4 Å². The van der Waals surface area contributed by atoms with E-state index in [0.717, 1.165) is 25.2 Å². The first-order valence-corrected chi connectivity index (χ1v) is 10.1. The van der Waals surface area contributed by atoms with Gasteiger partial charge in [-0.2, -0.15) is 0 Å². The van der Waals surface area contributed by atoms with E-state index in [1.54, 1.807) is 11.0 Å². The third-order valence-corrected chi connectivity index (χ3v) is 6.02. The zero-order chi connectivity index (χ0) is 18.9. The highest BCUT2D eigenvalue weighted by molar-refractivity contribution is 6.31. The van der Waals surface area contributed by atoms with Gasteiger partial charge in [0.25, 0.3) is 0 Å². The van der Waals surface area contributed by atoms with Gasteiger partial charge in [0.15, 0.2) is 0 Å². The predicted molar refractivity (Wildman–Crippen MR) is 104 cm³/mol. The molecule has 1 amide bonds. The van der Waals surface area contributed by atoms with Crippen LogP contribution in [0.1, 0.15) is 50.7 Å². The van der Waals surface area contributed by atoms with Crippen LogP contribution in [0.15, 0.2) is 18.2 Å². The molecule has 5 heteroatoms. The molecule has 1 aliphatic carbocycles. The lowest BCUT2D eigenvalue weighted by molar-refractivity contribution is -0.144. The Morgan fingerprint density at radius 2 is 2.00 bits per heavy atom. The summed E-state index contributed by atoms with van der Waals surface area (Å²) in [5.41, 5.74) is 0.252. The summed E-state index contributed by atoms with van der Waals surface area (Å²) in [5.74, 6) is 0.261. The molecule has 144 valence electrons. The number of hydrogen-bond donors (Lipinski definition) is 0. The Morgan fingerprint density at radius 1 is 1.35 bits per heavy atom. The maximum Gasteiger partial charge on any atom is 0.225 e. The summed E-state index contributed by atoms with van der Waals surface area (Å²) in [6.07, 6.45) is 3.00. The molecule has 1 saturated carbocycles. The number of nitrogens with zero attached hydrogens (tertiary/aromatic N) is 2. The molecular formula is C21H30ClFN2O. The fourth-order valence-corrected chi connectivity index (χ4v) is 4.46. The Morgan fingerprint density at radius 3 is 2.58 bits per heavy atom. The lowest BCUT2D eigenvalue weighted by atomic mass is 9.68. The molecule has 0 unspecified atom stereocenters. The van der Waals surface area contributed by atoms with Gasteiger partial charge < -0.3 is 4.90 Å². The molecule has 0 bridgehead atoms. The highest BCUT2D eigenvalue weighted by Gasteiger charge is 2.50. The van der Waals surface area contributed by atoms with Crippen LogP contribution in [-0.2, 0) is 17.0 Å². The number of rotatable bonds is 6. The standard InChI is InChI=1S/C21H30ClFN2O/c1-15(2)13-24(3)20(26)17-11-21(23,12-17)18-7-6-16(19(22)10-18)14-25-8-4-5-9-25/h6-7,10,15,17H,4-5,8-9,11-14H2,1-3H3/t17-,21-. The van der Waals surface area contributed by atoms with E-state index in [1.807, 2.05) is 19.2 Å². The number of alkyl halides is 1. The Kier molecular flexibility index (Phi) is 5.93. The lowest BCUT2D eigenvalue weighted by Gasteiger charge is -2.42. The molecule has 1 aliphatic heterocycles. The van der Waals surface area contributed by atoms with Crippen LogP contribution in [0.2, 0.25) is 5.02 Å². The second kappa shape index (κ2) is 7.85. The van der Waals surface area contributed by atoms with Crippen molar-refractivity contribution >= 4 is 17.5 Å². The highest BCUT2D eigenvalue weighted by atomic mass is 35.5. The van der Waals surface area contributed by atoms with Crippen molar-refractivity contribution in [3.8, 4) is 0 Å². The van der Waals surface area contributed by atoms with Crippen molar-refractivity contribution in [3.05, 3.63) is 34.3 Å². The molecule has 0 radical (unpaired) electrons. The van der Waals surface area contributed by atoms with Crippen molar-refractivity contribution in [3.63, 3.8) is 0 Å². The first-order valence-electron chi connectivity index (χ1n) is 9.73. The van der Waals surface area contributed by atoms with E-state index in [9.17, 15) is 4.79 Å². The third kappa shape index (κ3) is 4.23. The quantitative estimate of drug-likeness (QED) is 0.718. The zero-order valence-electron chi connectivity index (χ0n) is 16.1. The third-order valence-electron chi connectivity index (χ3n) is 5.67. The van der Waals surface area contributed by atoms with Crippen molar-refractivity contribution in [2.24, 2.45) is 11.8 Å². The summed E-state index contributed by atoms with van der Waals surface area (Å²) < 4.78 is 15.3. The van der Waals surface area contributed by atoms with Crippen molar-refractivity contribution in [1.82, 2.24) is 9.80 Å². The van der Waals surface area contributed by atoms with Gasteiger partial charge in [0.05, 0.1) is 0 Å². The van der Waals surface area contributed by atoms with Gasteiger partial charge in [-0.25, -0.2) is 4.39 Å². The molecule has 3 nitrogen and oxygen atoms in total. The van der Waals surface area contributed by atoms with Gasteiger partial charge in [-0.1, -0.05) is 37.6 Å². The molecule has 0 spiro atoms. The van der Waals surface area contributed by atoms with Crippen LogP contribution < -0.4 is 0 Å². The number of carbonyl (C=O) groups excluding carboxylic acids is 1. The normalized spacial score (nSPS) is 26.2. The molecule has 1 heterocycles. The van der Waals surface area contributed by atoms with E-state index >= 15 is 4.39 Å². The molecule has 2 aliphatic rings. The summed E-state index contributed by atoms with van der Waals surface area (Å²) in [6.45, 7) is 7.92. The minimum Gasteiger partial charge on any atom is -0.345 e. The number of carbonyl (C=O) groups is 1. The Balaban J connectivity index is 1.61. The van der Waals surface area contributed by atoms with Gasteiger partial charge in [0, 0.05) is 31.1 Å². The highest BCUT2D eigenvalue weighted by Crippen LogP contribution is 2.50. The van der Waals surface area contributed by atoms with E-state index in [4.69, 9.17) is 11.6 Å². The summed E-state index contributed by atoms with van der Waals surface area (Å²) in [7, 11) is 1.81. The smallest absolute Gasteiger partial charge is 0.225 e. The van der Waals surface area contributed by atoms with E-state index < -0.39 is 5.67 Å². The molecule has 0 aromatic heterocycles. The molecule has 0 N–H and O–H groups in total. The fraction of sp³-hybridized carbons (Fsp3) is 0.667. The summed E-state index contributed by atoms with van der Waals surface area (Å²) in [6, 6.07) is 5.58. The van der Waals surface area contributed by atoms with Crippen LogP contribution in [0.3, 0.4) is 0 Å². The van der Waals surface area contributed by atoms with Gasteiger partial charge in [0.2, 0.25) is 5.91 Å². The Labute approximate surface area is 161 Å². The molecule has 26 heavy (non-hydrogen) atoms. The van der Waals surface area contributed by atoms with Crippen LogP contribution in [0.5, 0.6) is 0 Å². The van der Waals surface area contributed by atoms with Gasteiger partial charge in [0.1, 0.15) is 5.67 Å². The first kappa shape index (κ1) is 19.6. The van der Waals surface area contributed by atoms with Crippen LogP contribution in [0.4, 0.5) is 4.39 Å². The minimum absolute atomic E-state index is 0.0590. The Hall–Kier alpha value is -1.13. The second-order valence-corrected chi connectivity index (χ2v) is 8.88. The molecule has 0 atom stereocenters. The van der Waals surface area contributed by atoms with Crippen molar-refractivity contribution < 1.29 is 9.18 Å². The fourth-order valence-electron chi connectivity index (χ4n) is 4.22. The van der Waals surface area contributed by atoms with E-state index in [1.165, 1.54) is 12.8 Å². The molecule has 1 saturated heterocycles. The first-order chi connectivity index (χ1) is 12.3. The largest absolute Gasteiger partial charge is 0.345 e. The molecular weight excluding hydrogens is 351 g/mol. The monoisotopic (exact) mass is 380 g/mol. The van der Waals surface area contributed by atoms with Crippen LogP contribution >= 0.6 is 11.6 Å². The average molecular weight is 381 g/mol. The van der Waals surface area contributed by atoms with Crippen molar-refractivity contribution in [2.45, 2.75) is 51.7 Å². The summed E-state index contributed by atoms with van der Waals surface area (Å²) in [4.78, 5) is 16.5. The number of likely N-dealkylation sites (tertiary alicyclic amines) is 1. The van der Waals surface area contributed by atoms with E-state index in [0.29, 0.717) is 23.0 Å². The van der Waals surface area contributed by atoms with Gasteiger partial charge in [-0.3, -0.25) is 9.69 Å². The number of hydrogen-bond acceptors (Lipinski definition) is 2. The SMILES string of the molecule is CC(C)CN(C)C(=O)[C@H]1C[C@@](F)(c2ccc(CN3CCCC3)c(Cl)c2)C1. The lowest BCUT2D eigenvalue weighted by Crippen LogP contribution is -2.47. The minimum atomic E-state index is -1.42. The molecule has 2 fully saturated rings. The topological polar surface area (TPSA) is 23.6 Å². The summed E-state index contributed by atoms with van der Waals surface area (Å²) >= 11 is 6.43. The van der Waals surface area contributed by atoms with Gasteiger partial charge in [-0.15, -0.1) is 0 Å². The number of benzene rings is 1. The predicted octanol–water partition coefficient (Wildman–Crippen LogP) is 4.63.